The molecule has 0 saturated carbocycles. The molecular formula is C9H16O3. The van der Waals surface area contributed by atoms with Gasteiger partial charge in [0.25, 0.3) is 0 Å². The molecule has 0 amide bonds. The van der Waals surface area contributed by atoms with Crippen LogP contribution in [-0.2, 0) is 14.3 Å². The minimum absolute atomic E-state index is 0.0871. The molecule has 0 aromatic rings. The Labute approximate surface area is 73.0 Å². The van der Waals surface area contributed by atoms with Crippen molar-refractivity contribution < 1.29 is 14.3 Å². The van der Waals surface area contributed by atoms with Gasteiger partial charge in [-0.15, -0.1) is 0 Å². The first-order valence-corrected chi connectivity index (χ1v) is 4.54. The summed E-state index contributed by atoms with van der Waals surface area (Å²) >= 11 is 0. The second-order valence-electron chi connectivity index (χ2n) is 3.09. The molecule has 0 bridgehead atoms. The fourth-order valence-electron chi connectivity index (χ4n) is 1.42. The highest BCUT2D eigenvalue weighted by Crippen LogP contribution is 2.20. The fraction of sp³-hybridized carbons (Fsp3) is 0.889. The van der Waals surface area contributed by atoms with E-state index in [0.29, 0.717) is 6.61 Å². The van der Waals surface area contributed by atoms with Gasteiger partial charge in [-0.1, -0.05) is 0 Å². The standard InChI is InChI=1S/C9H16O3/c1-3-11-9(10)7(2)8-5-4-6-12-8/h7-8H,3-6H2,1-2H3/t7-,8-/m0/s1. The number of carbonyl (C=O) groups excluding carboxylic acids is 1. The van der Waals surface area contributed by atoms with Crippen molar-refractivity contribution in [2.75, 3.05) is 13.2 Å². The van der Waals surface area contributed by atoms with E-state index in [4.69, 9.17) is 9.47 Å². The topological polar surface area (TPSA) is 35.5 Å². The van der Waals surface area contributed by atoms with Gasteiger partial charge >= 0.3 is 5.97 Å². The molecule has 0 unspecified atom stereocenters. The molecule has 1 heterocycles. The maximum Gasteiger partial charge on any atom is 0.311 e. The van der Waals surface area contributed by atoms with Crippen LogP contribution in [0.25, 0.3) is 0 Å². The number of rotatable bonds is 3. The van der Waals surface area contributed by atoms with Gasteiger partial charge in [0.15, 0.2) is 0 Å². The molecule has 2 atom stereocenters. The van der Waals surface area contributed by atoms with E-state index in [9.17, 15) is 4.79 Å². The average Bonchev–Trinajstić information content (AvgIpc) is 2.55. The third-order valence-corrected chi connectivity index (χ3v) is 2.18. The first-order valence-electron chi connectivity index (χ1n) is 4.54. The Balaban J connectivity index is 2.34. The zero-order chi connectivity index (χ0) is 8.97. The van der Waals surface area contributed by atoms with Gasteiger partial charge in [0, 0.05) is 6.61 Å². The van der Waals surface area contributed by atoms with Crippen LogP contribution >= 0.6 is 0 Å². The van der Waals surface area contributed by atoms with Crippen molar-refractivity contribution in [2.45, 2.75) is 32.8 Å². The second-order valence-corrected chi connectivity index (χ2v) is 3.09. The maximum absolute atomic E-state index is 11.2. The smallest absolute Gasteiger partial charge is 0.311 e. The Kier molecular flexibility index (Phi) is 3.53. The van der Waals surface area contributed by atoms with Crippen molar-refractivity contribution >= 4 is 5.97 Å². The highest BCUT2D eigenvalue weighted by Gasteiger charge is 2.28. The van der Waals surface area contributed by atoms with Crippen molar-refractivity contribution in [3.05, 3.63) is 0 Å². The molecule has 0 aliphatic carbocycles. The Morgan fingerprint density at radius 3 is 3.00 bits per heavy atom. The molecule has 0 radical (unpaired) electrons. The molecular weight excluding hydrogens is 156 g/mol. The van der Waals surface area contributed by atoms with Crippen LogP contribution in [-0.4, -0.2) is 25.3 Å². The first kappa shape index (κ1) is 9.52. The van der Waals surface area contributed by atoms with Crippen molar-refractivity contribution in [1.82, 2.24) is 0 Å². The summed E-state index contributed by atoms with van der Waals surface area (Å²) in [5.41, 5.74) is 0. The van der Waals surface area contributed by atoms with Crippen LogP contribution in [0.4, 0.5) is 0 Å². The molecule has 1 rings (SSSR count). The van der Waals surface area contributed by atoms with Crippen molar-refractivity contribution in [1.29, 1.82) is 0 Å². The van der Waals surface area contributed by atoms with Gasteiger partial charge in [-0.3, -0.25) is 4.79 Å². The van der Waals surface area contributed by atoms with Gasteiger partial charge in [0.2, 0.25) is 0 Å². The Morgan fingerprint density at radius 2 is 2.50 bits per heavy atom. The van der Waals surface area contributed by atoms with E-state index in [-0.39, 0.29) is 18.0 Å². The molecule has 0 aromatic carbocycles. The van der Waals surface area contributed by atoms with Crippen LogP contribution in [0.1, 0.15) is 26.7 Å². The predicted octanol–water partition coefficient (Wildman–Crippen LogP) is 1.36. The van der Waals surface area contributed by atoms with Crippen LogP contribution in [0.5, 0.6) is 0 Å². The molecule has 3 nitrogen and oxygen atoms in total. The summed E-state index contributed by atoms with van der Waals surface area (Å²) in [6.45, 7) is 4.93. The summed E-state index contributed by atoms with van der Waals surface area (Å²) in [7, 11) is 0. The molecule has 3 heteroatoms. The average molecular weight is 172 g/mol. The molecule has 0 aromatic heterocycles. The summed E-state index contributed by atoms with van der Waals surface area (Å²) in [5.74, 6) is -0.239. The normalized spacial score (nSPS) is 25.3. The SMILES string of the molecule is CCOC(=O)[C@@H](C)[C@@H]1CCCO1. The van der Waals surface area contributed by atoms with Gasteiger partial charge < -0.3 is 9.47 Å². The summed E-state index contributed by atoms with van der Waals surface area (Å²) in [4.78, 5) is 11.2. The third-order valence-electron chi connectivity index (χ3n) is 2.18. The number of hydrogen-bond acceptors (Lipinski definition) is 3. The minimum atomic E-state index is -0.135. The van der Waals surface area contributed by atoms with Crippen LogP contribution in [0.15, 0.2) is 0 Å². The van der Waals surface area contributed by atoms with Crippen LogP contribution in [0.3, 0.4) is 0 Å². The number of ether oxygens (including phenoxy) is 2. The Bertz CT molecular complexity index is 150. The molecule has 12 heavy (non-hydrogen) atoms. The fourth-order valence-corrected chi connectivity index (χ4v) is 1.42. The number of hydrogen-bond donors (Lipinski definition) is 0. The first-order chi connectivity index (χ1) is 5.75. The quantitative estimate of drug-likeness (QED) is 0.603. The highest BCUT2D eigenvalue weighted by molar-refractivity contribution is 5.72. The summed E-state index contributed by atoms with van der Waals surface area (Å²) in [5, 5.41) is 0. The van der Waals surface area contributed by atoms with Gasteiger partial charge in [0.05, 0.1) is 18.6 Å². The lowest BCUT2D eigenvalue weighted by molar-refractivity contribution is -0.151. The monoisotopic (exact) mass is 172 g/mol. The second kappa shape index (κ2) is 4.45. The molecule has 1 fully saturated rings. The zero-order valence-electron chi connectivity index (χ0n) is 7.71. The molecule has 1 saturated heterocycles. The molecule has 0 N–H and O–H groups in total. The van der Waals surface area contributed by atoms with E-state index in [1.165, 1.54) is 0 Å². The van der Waals surface area contributed by atoms with Crippen LogP contribution in [0.2, 0.25) is 0 Å². The van der Waals surface area contributed by atoms with Gasteiger partial charge in [-0.2, -0.15) is 0 Å². The minimum Gasteiger partial charge on any atom is -0.466 e. The number of esters is 1. The summed E-state index contributed by atoms with van der Waals surface area (Å²) in [6.07, 6.45) is 2.14. The van der Waals surface area contributed by atoms with Gasteiger partial charge in [-0.25, -0.2) is 0 Å². The van der Waals surface area contributed by atoms with E-state index in [2.05, 4.69) is 0 Å². The maximum atomic E-state index is 11.2. The van der Waals surface area contributed by atoms with E-state index < -0.39 is 0 Å². The van der Waals surface area contributed by atoms with Gasteiger partial charge in [0.1, 0.15) is 0 Å². The van der Waals surface area contributed by atoms with Crippen molar-refractivity contribution in [3.63, 3.8) is 0 Å². The lowest BCUT2D eigenvalue weighted by atomic mass is 10.0. The van der Waals surface area contributed by atoms with E-state index >= 15 is 0 Å². The summed E-state index contributed by atoms with van der Waals surface area (Å²) < 4.78 is 10.3. The Hall–Kier alpha value is -0.570. The van der Waals surface area contributed by atoms with Crippen molar-refractivity contribution in [2.24, 2.45) is 5.92 Å². The highest BCUT2D eigenvalue weighted by atomic mass is 16.5. The van der Waals surface area contributed by atoms with Crippen LogP contribution in [0, 0.1) is 5.92 Å². The third kappa shape index (κ3) is 2.21. The van der Waals surface area contributed by atoms with Gasteiger partial charge in [-0.05, 0) is 26.7 Å². The van der Waals surface area contributed by atoms with E-state index in [0.717, 1.165) is 19.4 Å². The van der Waals surface area contributed by atoms with E-state index in [1.54, 1.807) is 0 Å². The lowest BCUT2D eigenvalue weighted by Crippen LogP contribution is -2.26. The van der Waals surface area contributed by atoms with E-state index in [1.807, 2.05) is 13.8 Å². The van der Waals surface area contributed by atoms with Crippen LogP contribution < -0.4 is 0 Å². The van der Waals surface area contributed by atoms with Crippen molar-refractivity contribution in [3.8, 4) is 0 Å². The zero-order valence-corrected chi connectivity index (χ0v) is 7.71. The molecule has 1 aliphatic heterocycles. The Morgan fingerprint density at radius 1 is 1.75 bits per heavy atom. The molecule has 70 valence electrons. The lowest BCUT2D eigenvalue weighted by Gasteiger charge is -2.16. The predicted molar refractivity (Wildman–Crippen MR) is 44.8 cm³/mol. The number of carbonyl (C=O) groups is 1. The molecule has 0 spiro atoms. The molecule has 1 aliphatic rings. The summed E-state index contributed by atoms with van der Waals surface area (Å²) in [6, 6.07) is 0. The largest absolute Gasteiger partial charge is 0.466 e.